The average molecular weight is 372 g/mol. The highest BCUT2D eigenvalue weighted by Gasteiger charge is 2.19. The predicted molar refractivity (Wildman–Crippen MR) is 107 cm³/mol. The van der Waals surface area contributed by atoms with E-state index in [1.54, 1.807) is 6.33 Å². The first-order chi connectivity index (χ1) is 13.8. The number of rotatable bonds is 4. The van der Waals surface area contributed by atoms with E-state index in [-0.39, 0.29) is 5.91 Å². The molecule has 0 saturated heterocycles. The molecule has 3 N–H and O–H groups in total. The molecule has 1 aliphatic carbocycles. The molecule has 2 aromatic carbocycles. The van der Waals surface area contributed by atoms with Crippen LogP contribution in [0, 0.1) is 0 Å². The predicted octanol–water partition coefficient (Wildman–Crippen LogP) is 3.69. The van der Waals surface area contributed by atoms with Crippen LogP contribution in [0.3, 0.4) is 0 Å². The molecule has 0 spiro atoms. The van der Waals surface area contributed by atoms with E-state index in [4.69, 9.17) is 0 Å². The van der Waals surface area contributed by atoms with Crippen LogP contribution in [0.15, 0.2) is 48.8 Å². The lowest BCUT2D eigenvalue weighted by molar-refractivity contribution is 0.0938. The van der Waals surface area contributed by atoms with Gasteiger partial charge in [-0.05, 0) is 43.2 Å². The molecule has 1 aliphatic rings. The van der Waals surface area contributed by atoms with Crippen molar-refractivity contribution < 1.29 is 4.79 Å². The number of hydrogen-bond donors (Lipinski definition) is 3. The number of hydrogen-bond acceptors (Lipinski definition) is 4. The number of nitrogens with zero attached hydrogens (tertiary/aromatic N) is 3. The van der Waals surface area contributed by atoms with Crippen LogP contribution < -0.4 is 5.32 Å². The van der Waals surface area contributed by atoms with Crippen molar-refractivity contribution in [3.05, 3.63) is 54.4 Å². The third kappa shape index (κ3) is 3.05. The molecule has 2 heterocycles. The molecule has 0 radical (unpaired) electrons. The second-order valence-corrected chi connectivity index (χ2v) is 7.19. The van der Waals surface area contributed by atoms with Crippen LogP contribution in [0.4, 0.5) is 0 Å². The van der Waals surface area contributed by atoms with Crippen LogP contribution >= 0.6 is 0 Å². The average Bonchev–Trinajstić information content (AvgIpc) is 3.48. The van der Waals surface area contributed by atoms with Crippen molar-refractivity contribution in [3.63, 3.8) is 0 Å². The number of benzene rings is 2. The van der Waals surface area contributed by atoms with Gasteiger partial charge in [-0.2, -0.15) is 10.2 Å². The number of nitrogens with one attached hydrogen (secondary N) is 3. The lowest BCUT2D eigenvalue weighted by Gasteiger charge is -2.12. The fraction of sp³-hybridized carbons (Fsp3) is 0.238. The summed E-state index contributed by atoms with van der Waals surface area (Å²) in [5, 5.41) is 18.6. The minimum Gasteiger partial charge on any atom is -0.349 e. The van der Waals surface area contributed by atoms with E-state index < -0.39 is 0 Å². The van der Waals surface area contributed by atoms with Gasteiger partial charge in [-0.3, -0.25) is 15.0 Å². The van der Waals surface area contributed by atoms with Crippen LogP contribution in [0.5, 0.6) is 0 Å². The highest BCUT2D eigenvalue weighted by molar-refractivity contribution is 5.99. The summed E-state index contributed by atoms with van der Waals surface area (Å²) in [7, 11) is 0. The van der Waals surface area contributed by atoms with Gasteiger partial charge < -0.3 is 5.32 Å². The normalized spacial score (nSPS) is 14.6. The first-order valence-corrected chi connectivity index (χ1v) is 9.53. The van der Waals surface area contributed by atoms with Gasteiger partial charge in [0.15, 0.2) is 5.82 Å². The topological polar surface area (TPSA) is 99.4 Å². The molecule has 5 rings (SSSR count). The van der Waals surface area contributed by atoms with Crippen molar-refractivity contribution in [3.8, 4) is 22.6 Å². The third-order valence-corrected chi connectivity index (χ3v) is 5.32. The number of amides is 1. The summed E-state index contributed by atoms with van der Waals surface area (Å²) in [5.41, 5.74) is 4.20. The SMILES string of the molecule is O=C(NC1CCCC1)c1cccc(-c2n[nH]c3ccc(-c4nc[nH]n4)cc23)c1. The summed E-state index contributed by atoms with van der Waals surface area (Å²) in [6, 6.07) is 13.9. The zero-order chi connectivity index (χ0) is 18.9. The van der Waals surface area contributed by atoms with Gasteiger partial charge in [0.2, 0.25) is 0 Å². The molecule has 140 valence electrons. The van der Waals surface area contributed by atoms with Crippen molar-refractivity contribution in [1.82, 2.24) is 30.7 Å². The highest BCUT2D eigenvalue weighted by Crippen LogP contribution is 2.30. The van der Waals surface area contributed by atoms with Gasteiger partial charge in [-0.1, -0.05) is 25.0 Å². The Balaban J connectivity index is 1.49. The minimum atomic E-state index is -0.0185. The molecule has 4 aromatic rings. The van der Waals surface area contributed by atoms with Crippen molar-refractivity contribution in [1.29, 1.82) is 0 Å². The summed E-state index contributed by atoms with van der Waals surface area (Å²) < 4.78 is 0. The number of aromatic amines is 2. The van der Waals surface area contributed by atoms with Crippen LogP contribution in [0.1, 0.15) is 36.0 Å². The Morgan fingerprint density at radius 2 is 1.93 bits per heavy atom. The lowest BCUT2D eigenvalue weighted by Crippen LogP contribution is -2.32. The standard InChI is InChI=1S/C21H20N6O/c28-21(24-16-6-1-2-7-16)15-5-3-4-13(10-15)19-17-11-14(20-22-12-23-27-20)8-9-18(17)25-26-19/h3-5,8-12,16H,1-2,6-7H2,(H,24,28)(H,25,26)(H,22,23,27). The molecule has 7 heteroatoms. The molecule has 0 aliphatic heterocycles. The van der Waals surface area contributed by atoms with Crippen molar-refractivity contribution in [2.24, 2.45) is 0 Å². The van der Waals surface area contributed by atoms with Crippen LogP contribution in [-0.4, -0.2) is 37.3 Å². The minimum absolute atomic E-state index is 0.0185. The Morgan fingerprint density at radius 1 is 1.04 bits per heavy atom. The maximum Gasteiger partial charge on any atom is 0.251 e. The fourth-order valence-electron chi connectivity index (χ4n) is 3.87. The summed E-state index contributed by atoms with van der Waals surface area (Å²) in [4.78, 5) is 16.9. The fourth-order valence-corrected chi connectivity index (χ4v) is 3.87. The number of fused-ring (bicyclic) bond motifs is 1. The quantitative estimate of drug-likeness (QED) is 0.509. The number of carbonyl (C=O) groups excluding carboxylic acids is 1. The van der Waals surface area contributed by atoms with Crippen molar-refractivity contribution >= 4 is 16.8 Å². The zero-order valence-electron chi connectivity index (χ0n) is 15.3. The van der Waals surface area contributed by atoms with Gasteiger partial charge in [0.05, 0.1) is 11.2 Å². The maximum atomic E-state index is 12.6. The molecule has 1 saturated carbocycles. The lowest BCUT2D eigenvalue weighted by atomic mass is 10.0. The second-order valence-electron chi connectivity index (χ2n) is 7.19. The number of H-pyrrole nitrogens is 2. The molecule has 0 bridgehead atoms. The van der Waals surface area contributed by atoms with Gasteiger partial charge in [0.1, 0.15) is 6.33 Å². The van der Waals surface area contributed by atoms with Gasteiger partial charge in [0.25, 0.3) is 5.91 Å². The number of aromatic nitrogens is 5. The van der Waals surface area contributed by atoms with Crippen LogP contribution in [0.25, 0.3) is 33.5 Å². The molecule has 1 amide bonds. The molecule has 1 fully saturated rings. The van der Waals surface area contributed by atoms with E-state index in [0.717, 1.165) is 40.6 Å². The van der Waals surface area contributed by atoms with Gasteiger partial charge in [-0.25, -0.2) is 4.98 Å². The van der Waals surface area contributed by atoms with Crippen molar-refractivity contribution in [2.75, 3.05) is 0 Å². The first-order valence-electron chi connectivity index (χ1n) is 9.53. The van der Waals surface area contributed by atoms with Crippen LogP contribution in [0.2, 0.25) is 0 Å². The Labute approximate surface area is 161 Å². The summed E-state index contributed by atoms with van der Waals surface area (Å²) in [5.74, 6) is 0.619. The molecule has 7 nitrogen and oxygen atoms in total. The molecule has 2 aromatic heterocycles. The molecule has 0 atom stereocenters. The Kier molecular flexibility index (Phi) is 4.12. The molecule has 28 heavy (non-hydrogen) atoms. The maximum absolute atomic E-state index is 12.6. The van der Waals surface area contributed by atoms with Gasteiger partial charge >= 0.3 is 0 Å². The zero-order valence-corrected chi connectivity index (χ0v) is 15.3. The molecular weight excluding hydrogens is 352 g/mol. The second kappa shape index (κ2) is 6.92. The highest BCUT2D eigenvalue weighted by atomic mass is 16.1. The monoisotopic (exact) mass is 372 g/mol. The van der Waals surface area contributed by atoms with Crippen LogP contribution in [-0.2, 0) is 0 Å². The van der Waals surface area contributed by atoms with Crippen molar-refractivity contribution in [2.45, 2.75) is 31.7 Å². The third-order valence-electron chi connectivity index (χ3n) is 5.32. The Bertz CT molecular complexity index is 1120. The molecular formula is C21H20N6O. The Morgan fingerprint density at radius 3 is 2.75 bits per heavy atom. The largest absolute Gasteiger partial charge is 0.349 e. The van der Waals surface area contributed by atoms with Gasteiger partial charge in [-0.15, -0.1) is 0 Å². The Hall–Kier alpha value is -3.48. The first kappa shape index (κ1) is 16.7. The van der Waals surface area contributed by atoms with E-state index in [2.05, 4.69) is 30.7 Å². The smallest absolute Gasteiger partial charge is 0.251 e. The van der Waals surface area contributed by atoms with E-state index in [1.807, 2.05) is 42.5 Å². The summed E-state index contributed by atoms with van der Waals surface area (Å²) in [6.45, 7) is 0. The van der Waals surface area contributed by atoms with E-state index in [0.29, 0.717) is 17.4 Å². The van der Waals surface area contributed by atoms with E-state index in [9.17, 15) is 4.79 Å². The molecule has 0 unspecified atom stereocenters. The van der Waals surface area contributed by atoms with E-state index in [1.165, 1.54) is 12.8 Å². The number of carbonyl (C=O) groups is 1. The summed E-state index contributed by atoms with van der Waals surface area (Å²) in [6.07, 6.45) is 6.08. The summed E-state index contributed by atoms with van der Waals surface area (Å²) >= 11 is 0. The van der Waals surface area contributed by atoms with E-state index >= 15 is 0 Å². The van der Waals surface area contributed by atoms with Gasteiger partial charge in [0, 0.05) is 28.1 Å².